The number of thioether (sulfide) groups is 1. The van der Waals surface area contributed by atoms with E-state index in [1.54, 1.807) is 0 Å². The first-order valence-electron chi connectivity index (χ1n) is 5.53. The lowest BCUT2D eigenvalue weighted by Crippen LogP contribution is -2.32. The summed E-state index contributed by atoms with van der Waals surface area (Å²) < 4.78 is 0.238. The van der Waals surface area contributed by atoms with Crippen LogP contribution in [0.4, 0.5) is 0 Å². The Balaban J connectivity index is 2.59. The molecule has 0 atom stereocenters. The van der Waals surface area contributed by atoms with Gasteiger partial charge in [-0.1, -0.05) is 19.3 Å². The molecule has 92 valence electrons. The molecule has 0 amide bonds. The third-order valence-corrected chi connectivity index (χ3v) is 4.37. The molecule has 0 heterocycles. The van der Waals surface area contributed by atoms with Crippen molar-refractivity contribution >= 4 is 23.7 Å². The normalized spacial score (nSPS) is 20.4. The minimum Gasteiger partial charge on any atom is -0.370 e. The van der Waals surface area contributed by atoms with Crippen molar-refractivity contribution in [3.63, 3.8) is 0 Å². The predicted octanol–water partition coefficient (Wildman–Crippen LogP) is 0.640. The predicted molar refractivity (Wildman–Crippen MR) is 71.6 cm³/mol. The van der Waals surface area contributed by atoms with Crippen LogP contribution in [0.3, 0.4) is 0 Å². The maximum atomic E-state index is 5.60. The Bertz CT molecular complexity index is 277. The molecule has 0 bridgehead atoms. The van der Waals surface area contributed by atoms with E-state index in [1.807, 2.05) is 11.8 Å². The zero-order chi connectivity index (χ0) is 12.0. The third-order valence-electron chi connectivity index (χ3n) is 2.97. The fourth-order valence-corrected chi connectivity index (χ4v) is 2.91. The zero-order valence-electron chi connectivity index (χ0n) is 9.78. The summed E-state index contributed by atoms with van der Waals surface area (Å²) in [5.74, 6) is 0.141. The topological polar surface area (TPSA) is 103 Å². The van der Waals surface area contributed by atoms with Crippen LogP contribution in [0.1, 0.15) is 32.1 Å². The number of rotatable bonds is 3. The van der Waals surface area contributed by atoms with Crippen molar-refractivity contribution in [2.45, 2.75) is 36.9 Å². The van der Waals surface area contributed by atoms with Crippen molar-refractivity contribution in [2.24, 2.45) is 27.2 Å². The Hall–Kier alpha value is -0.910. The van der Waals surface area contributed by atoms with E-state index in [1.165, 1.54) is 32.1 Å². The molecule has 0 unspecified atom stereocenters. The number of guanidine groups is 2. The average molecular weight is 243 g/mol. The minimum absolute atomic E-state index is 0.0388. The standard InChI is InChI=1S/C10H21N5S/c1-16-10(5-3-2-4-6-10)7-14-9(13)15-8(11)12/h2-7H2,1H3,(H6,11,12,13,14,15). The second-order valence-corrected chi connectivity index (χ2v) is 5.43. The van der Waals surface area contributed by atoms with Gasteiger partial charge in [0.2, 0.25) is 5.96 Å². The van der Waals surface area contributed by atoms with E-state index in [0.29, 0.717) is 6.54 Å². The van der Waals surface area contributed by atoms with Gasteiger partial charge in [-0.3, -0.25) is 0 Å². The lowest BCUT2D eigenvalue weighted by Gasteiger charge is -2.34. The SMILES string of the molecule is CSC1(CN=C(N)N=C(N)N)CCCCC1. The molecule has 0 aliphatic heterocycles. The van der Waals surface area contributed by atoms with Crippen molar-refractivity contribution in [1.29, 1.82) is 0 Å². The maximum Gasteiger partial charge on any atom is 0.218 e. The Kier molecular flexibility index (Phi) is 4.92. The summed E-state index contributed by atoms with van der Waals surface area (Å²) in [5, 5.41) is 0. The smallest absolute Gasteiger partial charge is 0.218 e. The number of nitrogens with two attached hydrogens (primary N) is 3. The fraction of sp³-hybridized carbons (Fsp3) is 0.800. The van der Waals surface area contributed by atoms with Gasteiger partial charge in [-0.2, -0.15) is 16.8 Å². The quantitative estimate of drug-likeness (QED) is 0.500. The van der Waals surface area contributed by atoms with Crippen LogP contribution in [0.25, 0.3) is 0 Å². The molecule has 0 aromatic carbocycles. The van der Waals surface area contributed by atoms with Crippen LogP contribution in [-0.2, 0) is 0 Å². The number of hydrogen-bond donors (Lipinski definition) is 3. The maximum absolute atomic E-state index is 5.60. The van der Waals surface area contributed by atoms with Gasteiger partial charge in [-0.05, 0) is 19.1 Å². The van der Waals surface area contributed by atoms with E-state index in [4.69, 9.17) is 17.2 Å². The lowest BCUT2D eigenvalue weighted by molar-refractivity contribution is 0.405. The van der Waals surface area contributed by atoms with Crippen LogP contribution in [0.2, 0.25) is 0 Å². The Morgan fingerprint density at radius 2 is 1.81 bits per heavy atom. The molecular formula is C10H21N5S. The molecule has 1 saturated carbocycles. The molecule has 0 aromatic heterocycles. The van der Waals surface area contributed by atoms with Crippen molar-refractivity contribution in [3.05, 3.63) is 0 Å². The van der Waals surface area contributed by atoms with Crippen molar-refractivity contribution in [3.8, 4) is 0 Å². The monoisotopic (exact) mass is 243 g/mol. The van der Waals surface area contributed by atoms with Crippen LogP contribution in [0.5, 0.6) is 0 Å². The molecule has 0 radical (unpaired) electrons. The summed E-state index contributed by atoms with van der Waals surface area (Å²) in [4.78, 5) is 7.97. The van der Waals surface area contributed by atoms with Crippen LogP contribution < -0.4 is 17.2 Å². The van der Waals surface area contributed by atoms with E-state index in [2.05, 4.69) is 16.2 Å². The van der Waals surface area contributed by atoms with E-state index in [-0.39, 0.29) is 16.7 Å². The van der Waals surface area contributed by atoms with Gasteiger partial charge in [-0.25, -0.2) is 4.99 Å². The van der Waals surface area contributed by atoms with Gasteiger partial charge in [0, 0.05) is 4.75 Å². The molecule has 1 fully saturated rings. The highest BCUT2D eigenvalue weighted by molar-refractivity contribution is 8.00. The van der Waals surface area contributed by atoms with Crippen LogP contribution in [-0.4, -0.2) is 29.5 Å². The molecule has 6 N–H and O–H groups in total. The molecule has 6 heteroatoms. The van der Waals surface area contributed by atoms with Gasteiger partial charge in [-0.15, -0.1) is 0 Å². The summed E-state index contributed by atoms with van der Waals surface area (Å²) in [5.41, 5.74) is 16.1. The average Bonchev–Trinajstić information content (AvgIpc) is 2.27. The van der Waals surface area contributed by atoms with E-state index in [9.17, 15) is 0 Å². The van der Waals surface area contributed by atoms with Crippen molar-refractivity contribution < 1.29 is 0 Å². The van der Waals surface area contributed by atoms with E-state index in [0.717, 1.165) is 0 Å². The molecular weight excluding hydrogens is 222 g/mol. The van der Waals surface area contributed by atoms with Crippen LogP contribution >= 0.6 is 11.8 Å². The second-order valence-electron chi connectivity index (χ2n) is 4.16. The zero-order valence-corrected chi connectivity index (χ0v) is 10.6. The molecule has 16 heavy (non-hydrogen) atoms. The highest BCUT2D eigenvalue weighted by Crippen LogP contribution is 2.38. The largest absolute Gasteiger partial charge is 0.370 e. The number of hydrogen-bond acceptors (Lipinski definition) is 2. The number of nitrogens with zero attached hydrogens (tertiary/aromatic N) is 2. The first kappa shape index (κ1) is 13.2. The Labute approximate surface area is 101 Å². The van der Waals surface area contributed by atoms with Gasteiger partial charge in [0.05, 0.1) is 6.54 Å². The van der Waals surface area contributed by atoms with Gasteiger partial charge >= 0.3 is 0 Å². The minimum atomic E-state index is -0.0388. The van der Waals surface area contributed by atoms with E-state index < -0.39 is 0 Å². The van der Waals surface area contributed by atoms with Crippen LogP contribution in [0, 0.1) is 0 Å². The molecule has 0 saturated heterocycles. The first-order chi connectivity index (χ1) is 7.58. The summed E-state index contributed by atoms with van der Waals surface area (Å²) in [6.07, 6.45) is 8.42. The van der Waals surface area contributed by atoms with Gasteiger partial charge in [0.15, 0.2) is 5.96 Å². The molecule has 0 aromatic rings. The Morgan fingerprint density at radius 3 is 2.31 bits per heavy atom. The summed E-state index contributed by atoms with van der Waals surface area (Å²) in [7, 11) is 0. The van der Waals surface area contributed by atoms with Gasteiger partial charge in [0.25, 0.3) is 0 Å². The first-order valence-corrected chi connectivity index (χ1v) is 6.75. The summed E-state index contributed by atoms with van der Waals surface area (Å²) in [6.45, 7) is 0.705. The summed E-state index contributed by atoms with van der Waals surface area (Å²) >= 11 is 1.88. The van der Waals surface area contributed by atoms with Crippen LogP contribution in [0.15, 0.2) is 9.98 Å². The third kappa shape index (κ3) is 3.92. The van der Waals surface area contributed by atoms with Crippen molar-refractivity contribution in [1.82, 2.24) is 0 Å². The fourth-order valence-electron chi connectivity index (χ4n) is 2.02. The highest BCUT2D eigenvalue weighted by atomic mass is 32.2. The van der Waals surface area contributed by atoms with Crippen molar-refractivity contribution in [2.75, 3.05) is 12.8 Å². The molecule has 1 aliphatic carbocycles. The van der Waals surface area contributed by atoms with Gasteiger partial charge in [0.1, 0.15) is 0 Å². The number of aliphatic imine (C=N–C) groups is 2. The van der Waals surface area contributed by atoms with E-state index >= 15 is 0 Å². The van der Waals surface area contributed by atoms with Gasteiger partial charge < -0.3 is 17.2 Å². The highest BCUT2D eigenvalue weighted by Gasteiger charge is 2.30. The lowest BCUT2D eigenvalue weighted by atomic mass is 9.88. The molecule has 1 aliphatic rings. The molecule has 1 rings (SSSR count). The molecule has 0 spiro atoms. The second kappa shape index (κ2) is 5.98. The Morgan fingerprint density at radius 1 is 1.19 bits per heavy atom. The summed E-state index contributed by atoms with van der Waals surface area (Å²) in [6, 6.07) is 0. The molecule has 5 nitrogen and oxygen atoms in total.